The number of piperidine rings is 1. The average molecular weight is 274 g/mol. The number of carbonyl (C=O) groups excluding carboxylic acids is 1. The first kappa shape index (κ1) is 12.8. The van der Waals surface area contributed by atoms with Crippen molar-refractivity contribution >= 4 is 22.9 Å². The Morgan fingerprint density at radius 2 is 2.05 bits per heavy atom. The number of carbonyl (C=O) groups is 1. The molecule has 7 nitrogen and oxygen atoms in total. The second-order valence-electron chi connectivity index (χ2n) is 5.29. The van der Waals surface area contributed by atoms with Gasteiger partial charge in [-0.1, -0.05) is 0 Å². The fourth-order valence-electron chi connectivity index (χ4n) is 2.70. The van der Waals surface area contributed by atoms with Gasteiger partial charge in [0, 0.05) is 33.1 Å². The van der Waals surface area contributed by atoms with Crippen molar-refractivity contribution < 1.29 is 4.79 Å². The van der Waals surface area contributed by atoms with Crippen LogP contribution in [0.3, 0.4) is 0 Å². The maximum absolute atomic E-state index is 12.0. The van der Waals surface area contributed by atoms with E-state index in [9.17, 15) is 4.79 Å². The second-order valence-corrected chi connectivity index (χ2v) is 5.29. The van der Waals surface area contributed by atoms with Crippen LogP contribution in [0.1, 0.15) is 12.8 Å². The summed E-state index contributed by atoms with van der Waals surface area (Å²) in [6.07, 6.45) is 4.88. The molecule has 2 aromatic rings. The summed E-state index contributed by atoms with van der Waals surface area (Å²) in [5.74, 6) is 1.22. The van der Waals surface area contributed by atoms with Crippen LogP contribution in [0.5, 0.6) is 0 Å². The van der Waals surface area contributed by atoms with Crippen LogP contribution in [-0.4, -0.2) is 57.9 Å². The van der Waals surface area contributed by atoms with Gasteiger partial charge >= 0.3 is 0 Å². The van der Waals surface area contributed by atoms with E-state index in [0.29, 0.717) is 5.65 Å². The molecule has 7 heteroatoms. The van der Waals surface area contributed by atoms with Gasteiger partial charge in [0.2, 0.25) is 5.91 Å². The molecule has 3 heterocycles. The Morgan fingerprint density at radius 3 is 2.75 bits per heavy atom. The number of aromatic amines is 1. The van der Waals surface area contributed by atoms with Crippen molar-refractivity contribution in [3.63, 3.8) is 0 Å². The summed E-state index contributed by atoms with van der Waals surface area (Å²) in [7, 11) is 3.63. The first-order valence-electron chi connectivity index (χ1n) is 6.77. The minimum absolute atomic E-state index is 0.125. The Labute approximate surface area is 117 Å². The molecular formula is C13H18N6O. The van der Waals surface area contributed by atoms with E-state index in [-0.39, 0.29) is 11.8 Å². The molecule has 0 unspecified atom stereocenters. The maximum Gasteiger partial charge on any atom is 0.225 e. The number of hydrogen-bond donors (Lipinski definition) is 1. The number of hydrogen-bond acceptors (Lipinski definition) is 5. The molecule has 1 fully saturated rings. The highest BCUT2D eigenvalue weighted by Gasteiger charge is 2.27. The van der Waals surface area contributed by atoms with Gasteiger partial charge in [0.1, 0.15) is 11.8 Å². The van der Waals surface area contributed by atoms with E-state index in [2.05, 4.69) is 24.8 Å². The molecule has 20 heavy (non-hydrogen) atoms. The predicted octanol–water partition coefficient (Wildman–Crippen LogP) is 0.657. The Morgan fingerprint density at radius 1 is 1.30 bits per heavy atom. The molecule has 0 aromatic carbocycles. The molecule has 1 amide bonds. The lowest BCUT2D eigenvalue weighted by molar-refractivity contribution is -0.133. The largest absolute Gasteiger partial charge is 0.355 e. The Kier molecular flexibility index (Phi) is 3.25. The Hall–Kier alpha value is -2.18. The summed E-state index contributed by atoms with van der Waals surface area (Å²) in [4.78, 5) is 31.6. The summed E-state index contributed by atoms with van der Waals surface area (Å²) in [5.41, 5.74) is 1.55. The monoisotopic (exact) mass is 274 g/mol. The van der Waals surface area contributed by atoms with E-state index >= 15 is 0 Å². The molecule has 0 atom stereocenters. The molecule has 0 saturated carbocycles. The number of nitrogens with zero attached hydrogens (tertiary/aromatic N) is 5. The molecule has 0 bridgehead atoms. The van der Waals surface area contributed by atoms with Gasteiger partial charge in [-0.15, -0.1) is 0 Å². The van der Waals surface area contributed by atoms with E-state index < -0.39 is 0 Å². The lowest BCUT2D eigenvalue weighted by Gasteiger charge is -2.33. The second kappa shape index (κ2) is 5.07. The fourth-order valence-corrected chi connectivity index (χ4v) is 2.70. The molecule has 1 saturated heterocycles. The van der Waals surface area contributed by atoms with Crippen molar-refractivity contribution in [2.24, 2.45) is 5.92 Å². The number of rotatable bonds is 2. The van der Waals surface area contributed by atoms with Crippen LogP contribution in [0.2, 0.25) is 0 Å². The number of aromatic nitrogens is 4. The van der Waals surface area contributed by atoms with Gasteiger partial charge in [0.05, 0.1) is 6.33 Å². The minimum Gasteiger partial charge on any atom is -0.355 e. The minimum atomic E-state index is 0.125. The summed E-state index contributed by atoms with van der Waals surface area (Å²) in [6.45, 7) is 1.66. The van der Waals surface area contributed by atoms with Gasteiger partial charge in [0.15, 0.2) is 11.5 Å². The van der Waals surface area contributed by atoms with Crippen LogP contribution in [0.25, 0.3) is 11.2 Å². The van der Waals surface area contributed by atoms with Gasteiger partial charge in [-0.25, -0.2) is 15.0 Å². The zero-order valence-corrected chi connectivity index (χ0v) is 11.7. The number of imidazole rings is 1. The number of H-pyrrole nitrogens is 1. The zero-order valence-electron chi connectivity index (χ0n) is 11.7. The molecule has 3 rings (SSSR count). The summed E-state index contributed by atoms with van der Waals surface area (Å²) >= 11 is 0. The van der Waals surface area contributed by atoms with Crippen molar-refractivity contribution in [3.05, 3.63) is 12.7 Å². The molecule has 0 spiro atoms. The molecule has 106 valence electrons. The third kappa shape index (κ3) is 2.19. The van der Waals surface area contributed by atoms with Crippen molar-refractivity contribution in [1.29, 1.82) is 0 Å². The Bertz CT molecular complexity index is 614. The third-order valence-corrected chi connectivity index (χ3v) is 3.79. The molecule has 1 aliphatic rings. The van der Waals surface area contributed by atoms with E-state index in [0.717, 1.165) is 37.3 Å². The normalized spacial score (nSPS) is 16.6. The van der Waals surface area contributed by atoms with Crippen molar-refractivity contribution in [2.45, 2.75) is 12.8 Å². The van der Waals surface area contributed by atoms with E-state index in [1.807, 2.05) is 14.1 Å². The highest BCUT2D eigenvalue weighted by Crippen LogP contribution is 2.26. The van der Waals surface area contributed by atoms with Crippen LogP contribution in [0.15, 0.2) is 12.7 Å². The van der Waals surface area contributed by atoms with Crippen molar-refractivity contribution in [2.75, 3.05) is 32.1 Å². The van der Waals surface area contributed by atoms with Crippen LogP contribution >= 0.6 is 0 Å². The van der Waals surface area contributed by atoms with E-state index in [1.165, 1.54) is 6.33 Å². The fraction of sp³-hybridized carbons (Fsp3) is 0.538. The van der Waals surface area contributed by atoms with Gasteiger partial charge in [-0.05, 0) is 12.8 Å². The van der Waals surface area contributed by atoms with Gasteiger partial charge in [-0.2, -0.15) is 0 Å². The maximum atomic E-state index is 12.0. The average Bonchev–Trinajstić information content (AvgIpc) is 2.95. The van der Waals surface area contributed by atoms with E-state index in [4.69, 9.17) is 0 Å². The van der Waals surface area contributed by atoms with Crippen LogP contribution in [0, 0.1) is 5.92 Å². The lowest BCUT2D eigenvalue weighted by Crippen LogP contribution is -2.40. The standard InChI is InChI=1S/C13H18N6O/c1-18(2)13(20)9-3-5-19(6-4-9)12-10-11(15-7-14-10)16-8-17-12/h7-9H,3-6H2,1-2H3,(H,14,15,16,17). The lowest BCUT2D eigenvalue weighted by atomic mass is 9.95. The zero-order chi connectivity index (χ0) is 14.1. The SMILES string of the molecule is CN(C)C(=O)C1CCN(c2ncnc3nc[nH]c23)CC1. The summed E-state index contributed by atoms with van der Waals surface area (Å²) in [5, 5.41) is 0. The topological polar surface area (TPSA) is 78.0 Å². The quantitative estimate of drug-likeness (QED) is 0.870. The van der Waals surface area contributed by atoms with Gasteiger partial charge < -0.3 is 14.8 Å². The van der Waals surface area contributed by atoms with Crippen LogP contribution < -0.4 is 4.90 Å². The number of anilines is 1. The van der Waals surface area contributed by atoms with Crippen molar-refractivity contribution in [1.82, 2.24) is 24.8 Å². The smallest absolute Gasteiger partial charge is 0.225 e. The molecule has 0 radical (unpaired) electrons. The first-order chi connectivity index (χ1) is 9.66. The molecular weight excluding hydrogens is 256 g/mol. The summed E-state index contributed by atoms with van der Waals surface area (Å²) < 4.78 is 0. The molecule has 1 aliphatic heterocycles. The number of amides is 1. The van der Waals surface area contributed by atoms with Gasteiger partial charge in [0.25, 0.3) is 0 Å². The third-order valence-electron chi connectivity index (χ3n) is 3.79. The van der Waals surface area contributed by atoms with E-state index in [1.54, 1.807) is 11.2 Å². The number of nitrogens with one attached hydrogen (secondary N) is 1. The predicted molar refractivity (Wildman–Crippen MR) is 75.3 cm³/mol. The summed E-state index contributed by atoms with van der Waals surface area (Å²) in [6, 6.07) is 0. The van der Waals surface area contributed by atoms with Crippen LogP contribution in [0.4, 0.5) is 5.82 Å². The number of fused-ring (bicyclic) bond motifs is 1. The molecule has 2 aromatic heterocycles. The molecule has 1 N–H and O–H groups in total. The Balaban J connectivity index is 1.75. The highest BCUT2D eigenvalue weighted by molar-refractivity contribution is 5.83. The first-order valence-corrected chi connectivity index (χ1v) is 6.77. The highest BCUT2D eigenvalue weighted by atomic mass is 16.2. The van der Waals surface area contributed by atoms with Crippen molar-refractivity contribution in [3.8, 4) is 0 Å². The molecule has 0 aliphatic carbocycles. The van der Waals surface area contributed by atoms with Crippen LogP contribution in [-0.2, 0) is 4.79 Å². The van der Waals surface area contributed by atoms with Gasteiger partial charge in [-0.3, -0.25) is 4.79 Å².